The minimum Gasteiger partial charge on any atom is -0.0925 e. The van der Waals surface area contributed by atoms with Gasteiger partial charge in [-0.05, 0) is 109 Å². The van der Waals surface area contributed by atoms with Gasteiger partial charge in [0.05, 0.1) is 0 Å². The third-order valence-corrected chi connectivity index (χ3v) is 4.69. The summed E-state index contributed by atoms with van der Waals surface area (Å²) >= 11 is 0. The van der Waals surface area contributed by atoms with Crippen LogP contribution in [0.5, 0.6) is 0 Å². The van der Waals surface area contributed by atoms with Gasteiger partial charge in [-0.2, -0.15) is 0 Å². The fraction of sp³-hybridized carbons (Fsp3) is 0.0263. The molecule has 76 heavy (non-hydrogen) atoms. The average molecular weight is 919 g/mol. The van der Waals surface area contributed by atoms with Gasteiger partial charge in [0.15, 0.2) is 0 Å². The normalized spacial score (nSPS) is 3.97. The fourth-order valence-electron chi connectivity index (χ4n) is 2.31. The second kappa shape index (κ2) is 58.7. The van der Waals surface area contributed by atoms with Gasteiger partial charge in [-0.15, -0.1) is 0 Å². The zero-order valence-corrected chi connectivity index (χ0v) is 39.0. The predicted molar refractivity (Wildman–Crippen MR) is 299 cm³/mol. The largest absolute Gasteiger partial charge is 0.0925 e. The summed E-state index contributed by atoms with van der Waals surface area (Å²) in [4.78, 5) is 0. The maximum absolute atomic E-state index is 2.63. The van der Waals surface area contributed by atoms with E-state index < -0.39 is 0 Å². The standard InChI is InChI=1S/C76H6/c1-3-5-7-9-11-13-15-17-19-21-23-25-27-29-31-33-35-37-39-41-43-45-47-49-51-53-55-57-59-61-63-65-67-69-71-73-75-76-74-72-70-68-66-64-62-60-58-56-54-52-50-48-46-44-42-40-38-36-34-32-30-28-26-24-22-20-18-16-14-12-10-8-6-4-2/h1-2H3. The predicted octanol–water partition coefficient (Wildman–Crippen LogP) is 1.15. The van der Waals surface area contributed by atoms with Crippen molar-refractivity contribution in [1.29, 1.82) is 0 Å². The van der Waals surface area contributed by atoms with Crippen LogP contribution in [0.15, 0.2) is 0 Å². The van der Waals surface area contributed by atoms with Crippen molar-refractivity contribution in [3.05, 3.63) is 0 Å². The minimum atomic E-state index is 1.68. The van der Waals surface area contributed by atoms with E-state index in [4.69, 9.17) is 0 Å². The van der Waals surface area contributed by atoms with Crippen molar-refractivity contribution in [3.8, 4) is 438 Å². The Labute approximate surface area is 449 Å². The highest BCUT2D eigenvalue weighted by atomic mass is 13.7. The van der Waals surface area contributed by atoms with Gasteiger partial charge in [0.2, 0.25) is 0 Å². The molecule has 0 aliphatic rings. The van der Waals surface area contributed by atoms with Crippen LogP contribution in [0.2, 0.25) is 0 Å². The van der Waals surface area contributed by atoms with Gasteiger partial charge in [0.25, 0.3) is 0 Å². The van der Waals surface area contributed by atoms with Crippen molar-refractivity contribution in [2.75, 3.05) is 0 Å². The van der Waals surface area contributed by atoms with Crippen LogP contribution in [0.4, 0.5) is 0 Å². The minimum absolute atomic E-state index is 1.68. The van der Waals surface area contributed by atoms with E-state index in [1.807, 2.05) is 0 Å². The molecule has 0 N–H and O–H groups in total. The SMILES string of the molecule is CC#CC#CC#CC#CC#CC#CC#CC#CC#CC#CC#CC#CC#CC#CC#CC#CC#CC#CC#CC#CC#CC#CC#CC#CC#CC#CC#CC#CC#CC#CC#CC#CC#CC#CC#CC#CC#CC. The molecule has 0 aromatic rings. The Morgan fingerprint density at radius 2 is 0.105 bits per heavy atom. The summed E-state index contributed by atoms with van der Waals surface area (Å²) in [6.07, 6.45) is 0. The lowest BCUT2D eigenvalue weighted by atomic mass is 10.4. The van der Waals surface area contributed by atoms with Gasteiger partial charge in [-0.1, -0.05) is 11.8 Å². The molecule has 0 saturated heterocycles. The van der Waals surface area contributed by atoms with Crippen molar-refractivity contribution in [2.24, 2.45) is 0 Å². The van der Waals surface area contributed by atoms with Crippen molar-refractivity contribution >= 4 is 0 Å². The van der Waals surface area contributed by atoms with Crippen molar-refractivity contribution in [2.45, 2.75) is 13.8 Å². The molecule has 0 aliphatic carbocycles. The third-order valence-electron chi connectivity index (χ3n) is 4.69. The molecule has 0 aliphatic heterocycles. The summed E-state index contributed by atoms with van der Waals surface area (Å²) in [7, 11) is 0. The molecule has 0 heterocycles. The Morgan fingerprint density at radius 1 is 0.0658 bits per heavy atom. The van der Waals surface area contributed by atoms with E-state index in [0.717, 1.165) is 0 Å². The summed E-state index contributed by atoms with van der Waals surface area (Å²) in [6, 6.07) is 0. The lowest BCUT2D eigenvalue weighted by Gasteiger charge is -1.58. The molecule has 310 valence electrons. The first-order valence-electron chi connectivity index (χ1n) is 19.2. The molecule has 0 radical (unpaired) electrons. The van der Waals surface area contributed by atoms with Crippen LogP contribution >= 0.6 is 0 Å². The molecule has 0 aromatic carbocycles. The van der Waals surface area contributed by atoms with Gasteiger partial charge in [0.1, 0.15) is 0 Å². The van der Waals surface area contributed by atoms with Gasteiger partial charge in [0, 0.05) is 332 Å². The average Bonchev–Trinajstić information content (AvgIpc) is 3.43. The summed E-state index contributed by atoms with van der Waals surface area (Å²) in [5.41, 5.74) is 0. The van der Waals surface area contributed by atoms with Crippen LogP contribution < -0.4 is 0 Å². The maximum Gasteiger partial charge on any atom is 0 e. The molecule has 0 fully saturated rings. The third kappa shape index (κ3) is 57.7. The Bertz CT molecular complexity index is 4720. The summed E-state index contributed by atoms with van der Waals surface area (Å²) in [5.74, 6) is 186. The van der Waals surface area contributed by atoms with E-state index in [0.29, 0.717) is 0 Å². The molecule has 0 nitrogen and oxygen atoms in total. The molecule has 0 bridgehead atoms. The topological polar surface area (TPSA) is 0 Å². The van der Waals surface area contributed by atoms with Gasteiger partial charge in [-0.25, -0.2) is 0 Å². The van der Waals surface area contributed by atoms with Gasteiger partial charge >= 0.3 is 0 Å². The van der Waals surface area contributed by atoms with Crippen LogP contribution in [-0.2, 0) is 0 Å². The quantitative estimate of drug-likeness (QED) is 0.321. The second-order valence-electron chi connectivity index (χ2n) is 9.50. The Morgan fingerprint density at radius 3 is 0.145 bits per heavy atom. The first-order valence-corrected chi connectivity index (χ1v) is 19.2. The highest BCUT2D eigenvalue weighted by Gasteiger charge is 1.64. The number of hydrogen-bond donors (Lipinski definition) is 0. The molecule has 0 heteroatoms. The van der Waals surface area contributed by atoms with Crippen LogP contribution in [0.3, 0.4) is 0 Å². The first-order chi connectivity index (χ1) is 37.9. The number of rotatable bonds is 0. The van der Waals surface area contributed by atoms with E-state index >= 15 is 0 Å². The molecule has 0 saturated carbocycles. The Kier molecular flexibility index (Phi) is 46.1. The highest BCUT2D eigenvalue weighted by Crippen LogP contribution is 1.65. The van der Waals surface area contributed by atoms with E-state index in [2.05, 4.69) is 438 Å². The Balaban J connectivity index is 4.61. The maximum atomic E-state index is 2.63. The van der Waals surface area contributed by atoms with Crippen LogP contribution in [-0.4, -0.2) is 0 Å². The van der Waals surface area contributed by atoms with E-state index in [1.165, 1.54) is 0 Å². The monoisotopic (exact) mass is 918 g/mol. The smallest absolute Gasteiger partial charge is 0 e. The fourth-order valence-corrected chi connectivity index (χ4v) is 2.31. The van der Waals surface area contributed by atoms with E-state index in [9.17, 15) is 0 Å². The molecule has 0 amide bonds. The molecule has 0 rings (SSSR count). The first kappa shape index (κ1) is 59.7. The van der Waals surface area contributed by atoms with Crippen molar-refractivity contribution in [1.82, 2.24) is 0 Å². The molecule has 0 atom stereocenters. The molecule has 0 unspecified atom stereocenters. The van der Waals surface area contributed by atoms with E-state index in [1.54, 1.807) is 13.8 Å². The van der Waals surface area contributed by atoms with Crippen LogP contribution in [0, 0.1) is 438 Å². The van der Waals surface area contributed by atoms with Crippen LogP contribution in [0.25, 0.3) is 0 Å². The summed E-state index contributed by atoms with van der Waals surface area (Å²) < 4.78 is 0. The second-order valence-corrected chi connectivity index (χ2v) is 9.50. The van der Waals surface area contributed by atoms with Gasteiger partial charge in [-0.3, -0.25) is 0 Å². The molecule has 0 aromatic heterocycles. The lowest BCUT2D eigenvalue weighted by Crippen LogP contribution is -1.57. The zero-order chi connectivity index (χ0) is 54.3. The molecule has 0 spiro atoms. The summed E-state index contributed by atoms with van der Waals surface area (Å²) in [6.45, 7) is 3.37. The molecular formula is C76H6. The Hall–Kier alpha value is -16.3. The number of hydrogen-bond acceptors (Lipinski definition) is 0. The van der Waals surface area contributed by atoms with Gasteiger partial charge < -0.3 is 0 Å². The highest BCUT2D eigenvalue weighted by molar-refractivity contribution is 5.53. The van der Waals surface area contributed by atoms with E-state index in [-0.39, 0.29) is 0 Å². The van der Waals surface area contributed by atoms with Crippen molar-refractivity contribution < 1.29 is 0 Å². The van der Waals surface area contributed by atoms with Crippen molar-refractivity contribution in [3.63, 3.8) is 0 Å². The van der Waals surface area contributed by atoms with Crippen LogP contribution in [0.1, 0.15) is 13.8 Å². The summed E-state index contributed by atoms with van der Waals surface area (Å²) in [5, 5.41) is 0. The lowest BCUT2D eigenvalue weighted by molar-refractivity contribution is 1.92. The molecular weight excluding hydrogens is 913 g/mol. The zero-order valence-electron chi connectivity index (χ0n) is 39.0.